The summed E-state index contributed by atoms with van der Waals surface area (Å²) < 4.78 is 5.60. The number of aryl methyl sites for hydroxylation is 1. The Hall–Kier alpha value is -1.45. The fourth-order valence-corrected chi connectivity index (χ4v) is 5.07. The van der Waals surface area contributed by atoms with Crippen molar-refractivity contribution in [3.8, 4) is 0 Å². The number of thioether (sulfide) groups is 1. The molecule has 1 saturated heterocycles. The number of anilines is 1. The Labute approximate surface area is 166 Å². The quantitative estimate of drug-likeness (QED) is 0.544. The zero-order valence-electron chi connectivity index (χ0n) is 15.2. The van der Waals surface area contributed by atoms with Crippen LogP contribution < -0.4 is 5.32 Å². The largest absolute Gasteiger partial charge is 0.462 e. The maximum Gasteiger partial charge on any atom is 0.341 e. The molecule has 2 amide bonds. The van der Waals surface area contributed by atoms with Gasteiger partial charge in [0.15, 0.2) is 0 Å². The molecule has 2 heterocycles. The van der Waals surface area contributed by atoms with E-state index in [1.165, 1.54) is 28.0 Å². The van der Waals surface area contributed by atoms with Gasteiger partial charge in [0.25, 0.3) is 0 Å². The van der Waals surface area contributed by atoms with E-state index in [2.05, 4.69) is 5.32 Å². The zero-order valence-corrected chi connectivity index (χ0v) is 17.7. The van der Waals surface area contributed by atoms with Crippen molar-refractivity contribution >= 4 is 62.4 Å². The molecule has 0 radical (unpaired) electrons. The summed E-state index contributed by atoms with van der Waals surface area (Å²) in [6.07, 6.45) is 0.824. The van der Waals surface area contributed by atoms with Crippen molar-refractivity contribution < 1.29 is 19.1 Å². The predicted octanol–water partition coefficient (Wildman–Crippen LogP) is 3.51. The van der Waals surface area contributed by atoms with Gasteiger partial charge in [-0.1, -0.05) is 30.9 Å². The van der Waals surface area contributed by atoms with E-state index in [4.69, 9.17) is 17.0 Å². The minimum Gasteiger partial charge on any atom is -0.462 e. The molecule has 1 aromatic heterocycles. The van der Waals surface area contributed by atoms with E-state index < -0.39 is 5.97 Å². The van der Waals surface area contributed by atoms with Crippen molar-refractivity contribution in [1.29, 1.82) is 0 Å². The second-order valence-corrected chi connectivity index (χ2v) is 8.84. The molecule has 1 unspecified atom stereocenters. The standard InChI is InChI=1S/C17H22N2O4S3/c1-5-11-15(21)19(17(24)26-11)8-7-12(20)18-14-13(16(22)23-6-2)9(3)10(4)25-14/h11H,5-8H2,1-4H3,(H,18,20). The van der Waals surface area contributed by atoms with Crippen LogP contribution in [0.15, 0.2) is 0 Å². The second kappa shape index (κ2) is 8.96. The van der Waals surface area contributed by atoms with E-state index in [9.17, 15) is 14.4 Å². The molecule has 1 aliphatic heterocycles. The first-order chi connectivity index (χ1) is 12.3. The Morgan fingerprint density at radius 2 is 2.00 bits per heavy atom. The van der Waals surface area contributed by atoms with Gasteiger partial charge in [0, 0.05) is 17.8 Å². The van der Waals surface area contributed by atoms with Gasteiger partial charge in [0.2, 0.25) is 11.8 Å². The summed E-state index contributed by atoms with van der Waals surface area (Å²) in [5, 5.41) is 3.12. The van der Waals surface area contributed by atoms with Gasteiger partial charge < -0.3 is 10.1 Å². The van der Waals surface area contributed by atoms with E-state index in [-0.39, 0.29) is 36.6 Å². The molecule has 1 atom stereocenters. The lowest BCUT2D eigenvalue weighted by Gasteiger charge is -2.15. The lowest BCUT2D eigenvalue weighted by atomic mass is 10.1. The molecular formula is C17H22N2O4S3. The van der Waals surface area contributed by atoms with Gasteiger partial charge in [0.1, 0.15) is 9.32 Å². The summed E-state index contributed by atoms with van der Waals surface area (Å²) in [6, 6.07) is 0. The van der Waals surface area contributed by atoms with Gasteiger partial charge in [0.05, 0.1) is 17.4 Å². The van der Waals surface area contributed by atoms with Gasteiger partial charge in [-0.2, -0.15) is 0 Å². The Morgan fingerprint density at radius 1 is 1.31 bits per heavy atom. The first-order valence-corrected chi connectivity index (χ1v) is 10.5. The normalized spacial score (nSPS) is 16.9. The molecule has 0 aliphatic carbocycles. The Kier molecular flexibility index (Phi) is 7.19. The molecule has 0 bridgehead atoms. The monoisotopic (exact) mass is 414 g/mol. The molecule has 9 heteroatoms. The van der Waals surface area contributed by atoms with E-state index in [1.807, 2.05) is 20.8 Å². The Morgan fingerprint density at radius 3 is 2.58 bits per heavy atom. The fraction of sp³-hybridized carbons (Fsp3) is 0.529. The number of nitrogens with zero attached hydrogens (tertiary/aromatic N) is 1. The lowest BCUT2D eigenvalue weighted by molar-refractivity contribution is -0.126. The molecule has 142 valence electrons. The summed E-state index contributed by atoms with van der Waals surface area (Å²) in [5.74, 6) is -0.745. The van der Waals surface area contributed by atoms with E-state index in [0.29, 0.717) is 21.3 Å². The molecule has 0 saturated carbocycles. The minimum absolute atomic E-state index is 0.0367. The average Bonchev–Trinajstić information content (AvgIpc) is 3.01. The molecule has 6 nitrogen and oxygen atoms in total. The van der Waals surface area contributed by atoms with E-state index in [0.717, 1.165) is 10.4 Å². The number of amides is 2. The first kappa shape index (κ1) is 20.9. The van der Waals surface area contributed by atoms with E-state index in [1.54, 1.807) is 6.92 Å². The molecule has 0 aromatic carbocycles. The van der Waals surface area contributed by atoms with Crippen LogP contribution in [0.1, 0.15) is 47.5 Å². The number of thiophene rings is 1. The number of hydrogen-bond donors (Lipinski definition) is 1. The first-order valence-electron chi connectivity index (χ1n) is 8.39. The van der Waals surface area contributed by atoms with Crippen LogP contribution in [0.3, 0.4) is 0 Å². The van der Waals surface area contributed by atoms with Crippen molar-refractivity contribution in [3.63, 3.8) is 0 Å². The van der Waals surface area contributed by atoms with Crippen molar-refractivity contribution in [2.45, 2.75) is 45.8 Å². The van der Waals surface area contributed by atoms with Crippen molar-refractivity contribution in [2.24, 2.45) is 0 Å². The fourth-order valence-electron chi connectivity index (χ4n) is 2.53. The molecule has 2 rings (SSSR count). The van der Waals surface area contributed by atoms with Gasteiger partial charge in [-0.15, -0.1) is 11.3 Å². The Balaban J connectivity index is 2.03. The van der Waals surface area contributed by atoms with Gasteiger partial charge >= 0.3 is 5.97 Å². The second-order valence-electron chi connectivity index (χ2n) is 5.78. The number of carbonyl (C=O) groups is 3. The smallest absolute Gasteiger partial charge is 0.341 e. The molecular weight excluding hydrogens is 392 g/mol. The highest BCUT2D eigenvalue weighted by atomic mass is 32.2. The van der Waals surface area contributed by atoms with Gasteiger partial charge in [-0.25, -0.2) is 4.79 Å². The highest BCUT2D eigenvalue weighted by Crippen LogP contribution is 2.33. The van der Waals surface area contributed by atoms with Crippen LogP contribution in [-0.2, 0) is 14.3 Å². The number of carbonyl (C=O) groups excluding carboxylic acids is 3. The van der Waals surface area contributed by atoms with Crippen molar-refractivity contribution in [2.75, 3.05) is 18.5 Å². The SMILES string of the molecule is CCOC(=O)c1c(NC(=O)CCN2C(=O)C(CC)SC2=S)sc(C)c1C. The molecule has 1 aromatic rings. The summed E-state index contributed by atoms with van der Waals surface area (Å²) in [5.41, 5.74) is 1.21. The molecule has 1 aliphatic rings. The van der Waals surface area contributed by atoms with Crippen LogP contribution in [0.25, 0.3) is 0 Å². The van der Waals surface area contributed by atoms with Crippen LogP contribution in [0.5, 0.6) is 0 Å². The Bertz CT molecular complexity index is 745. The zero-order chi connectivity index (χ0) is 19.4. The summed E-state index contributed by atoms with van der Waals surface area (Å²) in [6.45, 7) is 7.91. The number of rotatable bonds is 7. The highest BCUT2D eigenvalue weighted by Gasteiger charge is 2.35. The number of ether oxygens (including phenoxy) is 1. The number of esters is 1. The third-order valence-electron chi connectivity index (χ3n) is 4.06. The van der Waals surface area contributed by atoms with Crippen LogP contribution in [-0.4, -0.2) is 45.4 Å². The summed E-state index contributed by atoms with van der Waals surface area (Å²) in [4.78, 5) is 39.2. The number of nitrogens with one attached hydrogen (secondary N) is 1. The highest BCUT2D eigenvalue weighted by molar-refractivity contribution is 8.24. The van der Waals surface area contributed by atoms with Crippen LogP contribution in [0.2, 0.25) is 0 Å². The predicted molar refractivity (Wildman–Crippen MR) is 109 cm³/mol. The number of hydrogen-bond acceptors (Lipinski definition) is 7. The molecule has 0 spiro atoms. The molecule has 1 fully saturated rings. The van der Waals surface area contributed by atoms with Crippen molar-refractivity contribution in [1.82, 2.24) is 4.90 Å². The van der Waals surface area contributed by atoms with E-state index >= 15 is 0 Å². The van der Waals surface area contributed by atoms with Crippen LogP contribution >= 0.6 is 35.3 Å². The maximum absolute atomic E-state index is 12.3. The van der Waals surface area contributed by atoms with Crippen molar-refractivity contribution in [3.05, 3.63) is 16.0 Å². The van der Waals surface area contributed by atoms with Crippen LogP contribution in [0, 0.1) is 13.8 Å². The minimum atomic E-state index is -0.442. The topological polar surface area (TPSA) is 75.7 Å². The number of thiocarbonyl (C=S) groups is 1. The maximum atomic E-state index is 12.3. The summed E-state index contributed by atoms with van der Waals surface area (Å²) >= 11 is 7.94. The summed E-state index contributed by atoms with van der Waals surface area (Å²) in [7, 11) is 0. The van der Waals surface area contributed by atoms with Gasteiger partial charge in [-0.05, 0) is 32.8 Å². The molecule has 1 N–H and O–H groups in total. The average molecular weight is 415 g/mol. The van der Waals surface area contributed by atoms with Crippen LogP contribution in [0.4, 0.5) is 5.00 Å². The lowest BCUT2D eigenvalue weighted by Crippen LogP contribution is -2.34. The van der Waals surface area contributed by atoms with Gasteiger partial charge in [-0.3, -0.25) is 14.5 Å². The third-order valence-corrected chi connectivity index (χ3v) is 6.93. The molecule has 26 heavy (non-hydrogen) atoms. The third kappa shape index (κ3) is 4.44.